The summed E-state index contributed by atoms with van der Waals surface area (Å²) in [5.41, 5.74) is 2.87. The monoisotopic (exact) mass is 600 g/mol. The number of hydrogen-bond acceptors (Lipinski definition) is 7. The molecule has 0 aliphatic carbocycles. The van der Waals surface area contributed by atoms with Gasteiger partial charge in [0.15, 0.2) is 4.80 Å². The van der Waals surface area contributed by atoms with E-state index in [1.54, 1.807) is 42.7 Å². The normalized spacial score (nSPS) is 14.6. The molecule has 0 saturated heterocycles. The Morgan fingerprint density at radius 1 is 1.07 bits per heavy atom. The fourth-order valence-electron chi connectivity index (χ4n) is 4.65. The predicted molar refractivity (Wildman–Crippen MR) is 165 cm³/mol. The molecule has 42 heavy (non-hydrogen) atoms. The standard InChI is InChI=1S/C33H29ClN2O5S/c1-4-18-40-25-16-14-22(15-17-25)30-29(32(38)39-5-2)21(3)35-33-36(30)31(37)28(42-33)19-23-10-7-9-13-27(23)41-20-24-11-6-8-12-26(24)34/h4,6-17,19,30H,1,5,18,20H2,2-3H3/b28-19+/t30-/m1/s1. The van der Waals surface area contributed by atoms with Crippen LogP contribution in [0.2, 0.25) is 5.02 Å². The van der Waals surface area contributed by atoms with Gasteiger partial charge in [-0.05, 0) is 49.8 Å². The van der Waals surface area contributed by atoms with E-state index in [4.69, 9.17) is 25.8 Å². The summed E-state index contributed by atoms with van der Waals surface area (Å²) in [6.07, 6.45) is 3.45. The summed E-state index contributed by atoms with van der Waals surface area (Å²) in [7, 11) is 0. The van der Waals surface area contributed by atoms with E-state index in [0.29, 0.717) is 43.7 Å². The van der Waals surface area contributed by atoms with Gasteiger partial charge in [-0.25, -0.2) is 9.79 Å². The maximum absolute atomic E-state index is 14.0. The van der Waals surface area contributed by atoms with Gasteiger partial charge in [-0.3, -0.25) is 9.36 Å². The van der Waals surface area contributed by atoms with Gasteiger partial charge in [0, 0.05) is 16.1 Å². The Balaban J connectivity index is 1.58. The number of esters is 1. The van der Waals surface area contributed by atoms with Gasteiger partial charge < -0.3 is 14.2 Å². The first-order valence-corrected chi connectivity index (χ1v) is 14.6. The zero-order valence-electron chi connectivity index (χ0n) is 23.2. The molecule has 5 rings (SSSR count). The predicted octanol–water partition coefficient (Wildman–Crippen LogP) is 5.60. The summed E-state index contributed by atoms with van der Waals surface area (Å²) in [6.45, 7) is 8.03. The van der Waals surface area contributed by atoms with Gasteiger partial charge in [-0.1, -0.05) is 84.1 Å². The molecule has 0 fully saturated rings. The van der Waals surface area contributed by atoms with Crippen molar-refractivity contribution in [2.45, 2.75) is 26.5 Å². The Bertz CT molecular complexity index is 1840. The van der Waals surface area contributed by atoms with E-state index in [-0.39, 0.29) is 18.8 Å². The van der Waals surface area contributed by atoms with Crippen molar-refractivity contribution in [2.75, 3.05) is 13.2 Å². The third-order valence-corrected chi connectivity index (χ3v) is 7.98. The second-order valence-corrected chi connectivity index (χ2v) is 10.8. The van der Waals surface area contributed by atoms with E-state index >= 15 is 0 Å². The summed E-state index contributed by atoms with van der Waals surface area (Å²) in [5.74, 6) is 0.750. The molecule has 1 aliphatic heterocycles. The number of fused-ring (bicyclic) bond motifs is 1. The molecule has 1 aliphatic rings. The smallest absolute Gasteiger partial charge is 0.338 e. The Labute approximate surface area is 252 Å². The first-order valence-electron chi connectivity index (χ1n) is 13.4. The molecule has 0 N–H and O–H groups in total. The molecule has 7 nitrogen and oxygen atoms in total. The summed E-state index contributed by atoms with van der Waals surface area (Å²) in [5, 5.41) is 0.622. The van der Waals surface area contributed by atoms with Crippen molar-refractivity contribution >= 4 is 35.0 Å². The molecule has 1 atom stereocenters. The van der Waals surface area contributed by atoms with Gasteiger partial charge in [-0.2, -0.15) is 0 Å². The molecular formula is C33H29ClN2O5S. The Morgan fingerprint density at radius 2 is 1.81 bits per heavy atom. The van der Waals surface area contributed by atoms with E-state index in [9.17, 15) is 9.59 Å². The molecule has 9 heteroatoms. The fourth-order valence-corrected chi connectivity index (χ4v) is 5.88. The number of hydrogen-bond donors (Lipinski definition) is 0. The third kappa shape index (κ3) is 6.10. The van der Waals surface area contributed by atoms with E-state index in [2.05, 4.69) is 11.6 Å². The molecule has 2 heterocycles. The van der Waals surface area contributed by atoms with Crippen LogP contribution in [0.3, 0.4) is 0 Å². The van der Waals surface area contributed by atoms with Crippen molar-refractivity contribution < 1.29 is 19.0 Å². The van der Waals surface area contributed by atoms with E-state index < -0.39 is 12.0 Å². The van der Waals surface area contributed by atoms with Crippen molar-refractivity contribution in [2.24, 2.45) is 4.99 Å². The number of ether oxygens (including phenoxy) is 3. The molecule has 0 radical (unpaired) electrons. The van der Waals surface area contributed by atoms with Crippen LogP contribution >= 0.6 is 22.9 Å². The Kier molecular flexibility index (Phi) is 9.05. The molecule has 4 aromatic rings. The van der Waals surface area contributed by atoms with E-state index in [0.717, 1.165) is 16.7 Å². The average molecular weight is 601 g/mol. The number of carbonyl (C=O) groups excluding carboxylic acids is 1. The third-order valence-electron chi connectivity index (χ3n) is 6.63. The number of aromatic nitrogens is 1. The second kappa shape index (κ2) is 13.1. The minimum absolute atomic E-state index is 0.200. The minimum atomic E-state index is -0.720. The van der Waals surface area contributed by atoms with Gasteiger partial charge >= 0.3 is 5.97 Å². The maximum atomic E-state index is 14.0. The number of rotatable bonds is 10. The first-order chi connectivity index (χ1) is 20.4. The summed E-state index contributed by atoms with van der Waals surface area (Å²) in [4.78, 5) is 32.3. The highest BCUT2D eigenvalue weighted by Gasteiger charge is 2.33. The highest BCUT2D eigenvalue weighted by Crippen LogP contribution is 2.32. The molecule has 3 aromatic carbocycles. The average Bonchev–Trinajstić information content (AvgIpc) is 3.29. The van der Waals surface area contributed by atoms with Crippen LogP contribution in [0.4, 0.5) is 0 Å². The first kappa shape index (κ1) is 29.1. The van der Waals surface area contributed by atoms with E-state index in [1.165, 1.54) is 11.3 Å². The number of carbonyl (C=O) groups is 1. The molecule has 214 valence electrons. The van der Waals surface area contributed by atoms with Crippen molar-refractivity contribution in [3.05, 3.63) is 138 Å². The van der Waals surface area contributed by atoms with Crippen LogP contribution in [0, 0.1) is 0 Å². The van der Waals surface area contributed by atoms with Crippen molar-refractivity contribution in [1.82, 2.24) is 4.57 Å². The van der Waals surface area contributed by atoms with Crippen LogP contribution in [0.15, 0.2) is 107 Å². The van der Waals surface area contributed by atoms with E-state index in [1.807, 2.05) is 60.7 Å². The van der Waals surface area contributed by atoms with Crippen LogP contribution in [0.1, 0.15) is 36.6 Å². The van der Waals surface area contributed by atoms with Gasteiger partial charge in [0.1, 0.15) is 24.7 Å². The quantitative estimate of drug-likeness (QED) is 0.175. The largest absolute Gasteiger partial charge is 0.490 e. The lowest BCUT2D eigenvalue weighted by atomic mass is 9.96. The number of halogens is 1. The lowest BCUT2D eigenvalue weighted by Gasteiger charge is -2.24. The number of allylic oxidation sites excluding steroid dienone is 1. The topological polar surface area (TPSA) is 79.1 Å². The molecular weight excluding hydrogens is 572 g/mol. The van der Waals surface area contributed by atoms with Crippen LogP contribution < -0.4 is 24.4 Å². The summed E-state index contributed by atoms with van der Waals surface area (Å²) < 4.78 is 19.1. The fraction of sp³-hybridized carbons (Fsp3) is 0.182. The molecule has 0 spiro atoms. The Hall–Kier alpha value is -4.40. The zero-order valence-corrected chi connectivity index (χ0v) is 24.8. The summed E-state index contributed by atoms with van der Waals surface area (Å²) >= 11 is 7.57. The molecule has 1 aromatic heterocycles. The van der Waals surface area contributed by atoms with Crippen molar-refractivity contribution in [3.63, 3.8) is 0 Å². The van der Waals surface area contributed by atoms with Crippen LogP contribution in [-0.4, -0.2) is 23.8 Å². The maximum Gasteiger partial charge on any atom is 0.338 e. The minimum Gasteiger partial charge on any atom is -0.490 e. The second-order valence-electron chi connectivity index (χ2n) is 9.39. The van der Waals surface area contributed by atoms with Gasteiger partial charge in [0.25, 0.3) is 5.56 Å². The number of nitrogens with zero attached hydrogens (tertiary/aromatic N) is 2. The zero-order chi connectivity index (χ0) is 29.6. The van der Waals surface area contributed by atoms with Crippen LogP contribution in [-0.2, 0) is 16.1 Å². The number of para-hydroxylation sites is 1. The molecule has 0 bridgehead atoms. The SMILES string of the molecule is C=CCOc1ccc([C@@H]2C(C(=O)OCC)=C(C)N=c3s/c(=C/c4ccccc4OCc4ccccc4Cl)c(=O)n32)cc1. The highest BCUT2D eigenvalue weighted by molar-refractivity contribution is 7.07. The lowest BCUT2D eigenvalue weighted by molar-refractivity contribution is -0.139. The number of benzene rings is 3. The molecule has 0 amide bonds. The highest BCUT2D eigenvalue weighted by atomic mass is 35.5. The number of thiazole rings is 1. The molecule has 0 saturated carbocycles. The van der Waals surface area contributed by atoms with Crippen molar-refractivity contribution in [3.8, 4) is 11.5 Å². The summed E-state index contributed by atoms with van der Waals surface area (Å²) in [6, 6.07) is 21.6. The van der Waals surface area contributed by atoms with Gasteiger partial charge in [-0.15, -0.1) is 0 Å². The van der Waals surface area contributed by atoms with Crippen LogP contribution in [0.5, 0.6) is 11.5 Å². The molecule has 0 unspecified atom stereocenters. The van der Waals surface area contributed by atoms with Gasteiger partial charge in [0.05, 0.1) is 28.5 Å². The Morgan fingerprint density at radius 3 is 2.55 bits per heavy atom. The van der Waals surface area contributed by atoms with Crippen LogP contribution in [0.25, 0.3) is 6.08 Å². The lowest BCUT2D eigenvalue weighted by Crippen LogP contribution is -2.39. The van der Waals surface area contributed by atoms with Gasteiger partial charge in [0.2, 0.25) is 0 Å². The van der Waals surface area contributed by atoms with Crippen molar-refractivity contribution in [1.29, 1.82) is 0 Å².